The maximum absolute atomic E-state index is 12.3. The van der Waals surface area contributed by atoms with Crippen molar-refractivity contribution in [3.8, 4) is 0 Å². The number of nitrogens with zero attached hydrogens (tertiary/aromatic N) is 2. The van der Waals surface area contributed by atoms with Gasteiger partial charge in [0.1, 0.15) is 5.82 Å². The molecule has 0 aliphatic rings. The van der Waals surface area contributed by atoms with Crippen LogP contribution in [-0.2, 0) is 0 Å². The van der Waals surface area contributed by atoms with Crippen LogP contribution >= 0.6 is 0 Å². The van der Waals surface area contributed by atoms with Gasteiger partial charge in [-0.3, -0.25) is 4.79 Å². The van der Waals surface area contributed by atoms with Crippen molar-refractivity contribution in [2.45, 2.75) is 13.8 Å². The van der Waals surface area contributed by atoms with Gasteiger partial charge in [-0.15, -0.1) is 0 Å². The molecule has 0 spiro atoms. The van der Waals surface area contributed by atoms with Crippen molar-refractivity contribution in [3.05, 3.63) is 84.1 Å². The fourth-order valence-corrected chi connectivity index (χ4v) is 2.72. The van der Waals surface area contributed by atoms with Gasteiger partial charge >= 0.3 is 0 Å². The Morgan fingerprint density at radius 2 is 1.80 bits per heavy atom. The molecule has 0 fully saturated rings. The summed E-state index contributed by atoms with van der Waals surface area (Å²) in [6.45, 7) is 4.90. The molecule has 0 atom stereocenters. The van der Waals surface area contributed by atoms with E-state index in [1.165, 1.54) is 0 Å². The number of para-hydroxylation sites is 1. The zero-order chi connectivity index (χ0) is 17.6. The van der Waals surface area contributed by atoms with Crippen molar-refractivity contribution in [3.63, 3.8) is 0 Å². The summed E-state index contributed by atoms with van der Waals surface area (Å²) in [6, 6.07) is 21.5. The zero-order valence-electron chi connectivity index (χ0n) is 14.4. The summed E-state index contributed by atoms with van der Waals surface area (Å²) in [5.74, 6) is 0.388. The SMILES string of the molecule is CCN(c1ccccc1)c1ccc(NC(=O)c2cccc(C)c2)nc1. The Bertz CT molecular complexity index is 845. The highest BCUT2D eigenvalue weighted by molar-refractivity contribution is 6.03. The lowest BCUT2D eigenvalue weighted by Gasteiger charge is -2.23. The molecular weight excluding hydrogens is 310 g/mol. The largest absolute Gasteiger partial charge is 0.341 e. The smallest absolute Gasteiger partial charge is 0.256 e. The third-order valence-electron chi connectivity index (χ3n) is 3.97. The van der Waals surface area contributed by atoms with Gasteiger partial charge in [-0.1, -0.05) is 35.9 Å². The second kappa shape index (κ2) is 7.62. The molecule has 3 aromatic rings. The first-order valence-corrected chi connectivity index (χ1v) is 8.34. The Hall–Kier alpha value is -3.14. The standard InChI is InChI=1S/C21H21N3O/c1-3-24(18-10-5-4-6-11-18)19-12-13-20(22-15-19)23-21(25)17-9-7-8-16(2)14-17/h4-15H,3H2,1-2H3,(H,22,23,25). The number of anilines is 3. The molecular formula is C21H21N3O. The van der Waals surface area contributed by atoms with E-state index in [0.29, 0.717) is 11.4 Å². The predicted octanol–water partition coefficient (Wildman–Crippen LogP) is 4.80. The van der Waals surface area contributed by atoms with E-state index in [-0.39, 0.29) is 5.91 Å². The lowest BCUT2D eigenvalue weighted by atomic mass is 10.1. The minimum atomic E-state index is -0.153. The van der Waals surface area contributed by atoms with E-state index in [1.54, 1.807) is 12.3 Å². The Morgan fingerprint density at radius 1 is 1.00 bits per heavy atom. The van der Waals surface area contributed by atoms with Crippen LogP contribution in [0.3, 0.4) is 0 Å². The molecule has 0 aliphatic heterocycles. The summed E-state index contributed by atoms with van der Waals surface area (Å²) < 4.78 is 0. The molecule has 4 nitrogen and oxygen atoms in total. The third kappa shape index (κ3) is 4.04. The highest BCUT2D eigenvalue weighted by Gasteiger charge is 2.09. The second-order valence-corrected chi connectivity index (χ2v) is 5.81. The summed E-state index contributed by atoms with van der Waals surface area (Å²) in [4.78, 5) is 18.9. The molecule has 1 heterocycles. The molecule has 3 rings (SSSR count). The lowest BCUT2D eigenvalue weighted by Crippen LogP contribution is -2.17. The monoisotopic (exact) mass is 331 g/mol. The Balaban J connectivity index is 1.75. The summed E-state index contributed by atoms with van der Waals surface area (Å²) in [5.41, 5.74) is 3.79. The van der Waals surface area contributed by atoms with Crippen LogP contribution in [0.2, 0.25) is 0 Å². The average molecular weight is 331 g/mol. The Morgan fingerprint density at radius 3 is 2.44 bits per heavy atom. The fraction of sp³-hybridized carbons (Fsp3) is 0.143. The van der Waals surface area contributed by atoms with Crippen molar-refractivity contribution in [2.75, 3.05) is 16.8 Å². The average Bonchev–Trinajstić information content (AvgIpc) is 2.64. The van der Waals surface area contributed by atoms with E-state index in [4.69, 9.17) is 0 Å². The molecule has 25 heavy (non-hydrogen) atoms. The van der Waals surface area contributed by atoms with Gasteiger partial charge in [0.05, 0.1) is 11.9 Å². The summed E-state index contributed by atoms with van der Waals surface area (Å²) in [5, 5.41) is 2.84. The molecule has 1 aromatic heterocycles. The fourth-order valence-electron chi connectivity index (χ4n) is 2.72. The van der Waals surface area contributed by atoms with Gasteiger partial charge in [-0.2, -0.15) is 0 Å². The maximum Gasteiger partial charge on any atom is 0.256 e. The summed E-state index contributed by atoms with van der Waals surface area (Å²) in [6.07, 6.45) is 1.78. The van der Waals surface area contributed by atoms with Crippen molar-refractivity contribution in [2.24, 2.45) is 0 Å². The number of carbonyl (C=O) groups excluding carboxylic acids is 1. The molecule has 0 saturated heterocycles. The predicted molar refractivity (Wildman–Crippen MR) is 102 cm³/mol. The summed E-state index contributed by atoms with van der Waals surface area (Å²) in [7, 11) is 0. The minimum Gasteiger partial charge on any atom is -0.341 e. The lowest BCUT2D eigenvalue weighted by molar-refractivity contribution is 0.102. The van der Waals surface area contributed by atoms with Crippen LogP contribution in [0.25, 0.3) is 0 Å². The van der Waals surface area contributed by atoms with E-state index in [0.717, 1.165) is 23.5 Å². The van der Waals surface area contributed by atoms with Gasteiger partial charge in [0.15, 0.2) is 0 Å². The molecule has 0 unspecified atom stereocenters. The molecule has 126 valence electrons. The van der Waals surface area contributed by atoms with E-state index in [1.807, 2.05) is 55.5 Å². The van der Waals surface area contributed by atoms with Crippen LogP contribution in [-0.4, -0.2) is 17.4 Å². The van der Waals surface area contributed by atoms with Crippen LogP contribution in [0.4, 0.5) is 17.2 Å². The van der Waals surface area contributed by atoms with E-state index < -0.39 is 0 Å². The van der Waals surface area contributed by atoms with E-state index in [9.17, 15) is 4.79 Å². The molecule has 4 heteroatoms. The number of hydrogen-bond donors (Lipinski definition) is 1. The highest BCUT2D eigenvalue weighted by atomic mass is 16.1. The number of benzene rings is 2. The van der Waals surface area contributed by atoms with Crippen LogP contribution in [0, 0.1) is 6.92 Å². The van der Waals surface area contributed by atoms with Gasteiger partial charge in [0.25, 0.3) is 5.91 Å². The first-order chi connectivity index (χ1) is 12.2. The van der Waals surface area contributed by atoms with E-state index in [2.05, 4.69) is 34.3 Å². The second-order valence-electron chi connectivity index (χ2n) is 5.81. The molecule has 0 aliphatic carbocycles. The third-order valence-corrected chi connectivity index (χ3v) is 3.97. The molecule has 0 radical (unpaired) electrons. The molecule has 0 bridgehead atoms. The number of amides is 1. The number of pyridine rings is 1. The topological polar surface area (TPSA) is 45.2 Å². The van der Waals surface area contributed by atoms with Crippen molar-refractivity contribution in [1.29, 1.82) is 0 Å². The van der Waals surface area contributed by atoms with Crippen LogP contribution in [0.15, 0.2) is 72.9 Å². The quantitative estimate of drug-likeness (QED) is 0.730. The number of aryl methyl sites for hydroxylation is 1. The van der Waals surface area contributed by atoms with Crippen LogP contribution in [0.5, 0.6) is 0 Å². The summed E-state index contributed by atoms with van der Waals surface area (Å²) >= 11 is 0. The molecule has 0 saturated carbocycles. The maximum atomic E-state index is 12.3. The number of rotatable bonds is 5. The number of nitrogens with one attached hydrogen (secondary N) is 1. The normalized spacial score (nSPS) is 10.3. The zero-order valence-corrected chi connectivity index (χ0v) is 14.4. The number of hydrogen-bond acceptors (Lipinski definition) is 3. The van der Waals surface area contributed by atoms with Crippen LogP contribution in [0.1, 0.15) is 22.8 Å². The Kier molecular flexibility index (Phi) is 5.09. The molecule has 1 amide bonds. The Labute approximate surface area is 148 Å². The first kappa shape index (κ1) is 16.7. The molecule has 2 aromatic carbocycles. The van der Waals surface area contributed by atoms with Crippen LogP contribution < -0.4 is 10.2 Å². The van der Waals surface area contributed by atoms with Crippen molar-refractivity contribution >= 4 is 23.1 Å². The first-order valence-electron chi connectivity index (χ1n) is 8.34. The van der Waals surface area contributed by atoms with Gasteiger partial charge < -0.3 is 10.2 Å². The van der Waals surface area contributed by atoms with Crippen molar-refractivity contribution in [1.82, 2.24) is 4.98 Å². The molecule has 1 N–H and O–H groups in total. The van der Waals surface area contributed by atoms with Crippen molar-refractivity contribution < 1.29 is 4.79 Å². The highest BCUT2D eigenvalue weighted by Crippen LogP contribution is 2.24. The van der Waals surface area contributed by atoms with Gasteiger partial charge in [0, 0.05) is 17.8 Å². The van der Waals surface area contributed by atoms with Gasteiger partial charge in [-0.25, -0.2) is 4.98 Å². The van der Waals surface area contributed by atoms with Gasteiger partial charge in [-0.05, 0) is 50.2 Å². The van der Waals surface area contributed by atoms with E-state index >= 15 is 0 Å². The number of aromatic nitrogens is 1. The minimum absolute atomic E-state index is 0.153. The number of carbonyl (C=O) groups is 1. The van der Waals surface area contributed by atoms with Gasteiger partial charge in [0.2, 0.25) is 0 Å².